The van der Waals surface area contributed by atoms with E-state index in [1.165, 1.54) is 6.92 Å². The molecule has 0 saturated heterocycles. The first kappa shape index (κ1) is 23.5. The summed E-state index contributed by atoms with van der Waals surface area (Å²) in [6.45, 7) is 1.41. The van der Waals surface area contributed by atoms with Gasteiger partial charge in [0.25, 0.3) is 5.91 Å². The number of rotatable bonds is 4. The number of pyridine rings is 1. The molecule has 32 heavy (non-hydrogen) atoms. The number of aromatic nitrogens is 1. The van der Waals surface area contributed by atoms with Crippen LogP contribution in [0, 0.1) is 17.7 Å². The summed E-state index contributed by atoms with van der Waals surface area (Å²) in [5, 5.41) is 2.45. The molecule has 0 fully saturated rings. The van der Waals surface area contributed by atoms with E-state index in [4.69, 9.17) is 0 Å². The van der Waals surface area contributed by atoms with E-state index in [1.54, 1.807) is 0 Å². The van der Waals surface area contributed by atoms with Crippen LogP contribution in [0.1, 0.15) is 34.6 Å². The molecule has 0 saturated carbocycles. The number of benzene rings is 1. The Kier molecular flexibility index (Phi) is 6.43. The molecule has 1 aliphatic rings. The molecule has 1 aromatic carbocycles. The minimum absolute atomic E-state index is 0.0279. The Balaban J connectivity index is 2.04. The third-order valence-electron chi connectivity index (χ3n) is 5.09. The maximum absolute atomic E-state index is 13.6. The third kappa shape index (κ3) is 5.17. The molecule has 2 aromatic rings. The molecule has 10 heteroatoms. The number of nitrogens with zero attached hydrogens (tertiary/aromatic N) is 1. The number of carbonyl (C=O) groups excluding carboxylic acids is 1. The van der Waals surface area contributed by atoms with Crippen molar-refractivity contribution in [3.8, 4) is 0 Å². The Morgan fingerprint density at radius 2 is 1.69 bits per heavy atom. The number of alkyl halides is 6. The molecule has 1 amide bonds. The first-order valence-electron chi connectivity index (χ1n) is 9.43. The lowest BCUT2D eigenvalue weighted by molar-refractivity contribution is -0.138. The van der Waals surface area contributed by atoms with Gasteiger partial charge in [0, 0.05) is 17.7 Å². The van der Waals surface area contributed by atoms with Gasteiger partial charge in [-0.15, -0.1) is 0 Å². The topological polar surface area (TPSA) is 42.0 Å². The monoisotopic (exact) mass is 458 g/mol. The molecule has 3 rings (SSSR count). The lowest BCUT2D eigenvalue weighted by Gasteiger charge is -2.32. The van der Waals surface area contributed by atoms with Gasteiger partial charge in [-0.3, -0.25) is 9.78 Å². The zero-order chi connectivity index (χ0) is 23.7. The van der Waals surface area contributed by atoms with E-state index in [0.29, 0.717) is 0 Å². The van der Waals surface area contributed by atoms with Crippen LogP contribution in [0.5, 0.6) is 0 Å². The van der Waals surface area contributed by atoms with Crippen LogP contribution in [0.3, 0.4) is 0 Å². The fourth-order valence-corrected chi connectivity index (χ4v) is 3.52. The maximum atomic E-state index is 13.6. The van der Waals surface area contributed by atoms with Crippen LogP contribution in [0.25, 0.3) is 0 Å². The average molecular weight is 458 g/mol. The largest absolute Gasteiger partial charge is 0.418 e. The summed E-state index contributed by atoms with van der Waals surface area (Å²) in [6, 6.07) is 4.77. The minimum Gasteiger partial charge on any atom is -0.343 e. The van der Waals surface area contributed by atoms with E-state index in [9.17, 15) is 35.5 Å². The van der Waals surface area contributed by atoms with Gasteiger partial charge in [0.05, 0.1) is 22.9 Å². The van der Waals surface area contributed by atoms with Gasteiger partial charge < -0.3 is 5.32 Å². The fraction of sp³-hybridized carbons (Fsp3) is 0.273. The Bertz CT molecular complexity index is 1040. The normalized spacial score (nSPS) is 19.9. The summed E-state index contributed by atoms with van der Waals surface area (Å²) < 4.78 is 93.2. The molecule has 1 aromatic heterocycles. The Morgan fingerprint density at radius 1 is 1.03 bits per heavy atom. The number of allylic oxidation sites excluding steroid dienone is 3. The van der Waals surface area contributed by atoms with Crippen molar-refractivity contribution in [3.05, 3.63) is 89.0 Å². The Morgan fingerprint density at radius 3 is 2.25 bits per heavy atom. The number of nitrogens with one attached hydrogen (secondary N) is 1. The van der Waals surface area contributed by atoms with Gasteiger partial charge in [0.2, 0.25) is 0 Å². The highest BCUT2D eigenvalue weighted by Crippen LogP contribution is 2.41. The summed E-state index contributed by atoms with van der Waals surface area (Å²) in [5.41, 5.74) is -2.60. The minimum atomic E-state index is -4.81. The average Bonchev–Trinajstić information content (AvgIpc) is 2.71. The summed E-state index contributed by atoms with van der Waals surface area (Å²) in [4.78, 5) is 16.5. The molecular weight excluding hydrogens is 441 g/mol. The molecule has 0 bridgehead atoms. The molecule has 1 N–H and O–H groups in total. The molecule has 0 radical (unpaired) electrons. The van der Waals surface area contributed by atoms with Gasteiger partial charge >= 0.3 is 12.4 Å². The van der Waals surface area contributed by atoms with E-state index in [1.807, 2.05) is 0 Å². The van der Waals surface area contributed by atoms with Gasteiger partial charge in [-0.25, -0.2) is 4.39 Å². The molecule has 3 nitrogen and oxygen atoms in total. The van der Waals surface area contributed by atoms with Gasteiger partial charge in [-0.2, -0.15) is 26.3 Å². The van der Waals surface area contributed by atoms with Crippen molar-refractivity contribution in [3.63, 3.8) is 0 Å². The summed E-state index contributed by atoms with van der Waals surface area (Å²) in [7, 11) is 0. The van der Waals surface area contributed by atoms with Crippen molar-refractivity contribution in [2.45, 2.75) is 25.3 Å². The number of amides is 1. The van der Waals surface area contributed by atoms with Gasteiger partial charge in [0.1, 0.15) is 5.82 Å². The number of hydrogen-bond donors (Lipinski definition) is 1. The zero-order valence-electron chi connectivity index (χ0n) is 16.5. The predicted molar refractivity (Wildman–Crippen MR) is 102 cm³/mol. The smallest absolute Gasteiger partial charge is 0.343 e. The van der Waals surface area contributed by atoms with Gasteiger partial charge in [-0.1, -0.05) is 25.2 Å². The zero-order valence-corrected chi connectivity index (χ0v) is 16.5. The highest BCUT2D eigenvalue weighted by atomic mass is 19.4. The number of halogens is 7. The number of carbonyl (C=O) groups is 1. The van der Waals surface area contributed by atoms with E-state index < -0.39 is 58.8 Å². The molecule has 0 aliphatic heterocycles. The van der Waals surface area contributed by atoms with E-state index in [-0.39, 0.29) is 5.56 Å². The molecule has 170 valence electrons. The predicted octanol–water partition coefficient (Wildman–Crippen LogP) is 6.02. The first-order chi connectivity index (χ1) is 14.9. The summed E-state index contributed by atoms with van der Waals surface area (Å²) in [5.74, 6) is -3.27. The fourth-order valence-electron chi connectivity index (χ4n) is 3.52. The molecule has 1 heterocycles. The standard InChI is InChI=1S/C22H17F7N2O/c1-12-11-14(21(24,25)26)6-9-16(12)18(19-17(22(27,28)29)3-2-10-30-19)31-20(32)13-4-7-15(23)8-5-13/h2-12,16,18H,1H3,(H,31,32)/t12?,16?,18-/m0/s1. The van der Waals surface area contributed by atoms with Crippen molar-refractivity contribution in [1.29, 1.82) is 0 Å². The summed E-state index contributed by atoms with van der Waals surface area (Å²) in [6.07, 6.45) is -5.52. The van der Waals surface area contributed by atoms with Crippen molar-refractivity contribution in [2.24, 2.45) is 11.8 Å². The highest BCUT2D eigenvalue weighted by molar-refractivity contribution is 5.94. The second-order valence-corrected chi connectivity index (χ2v) is 7.31. The summed E-state index contributed by atoms with van der Waals surface area (Å²) >= 11 is 0. The molecule has 2 unspecified atom stereocenters. The van der Waals surface area contributed by atoms with E-state index in [0.717, 1.165) is 60.8 Å². The Hall–Kier alpha value is -3.17. The van der Waals surface area contributed by atoms with E-state index >= 15 is 0 Å². The van der Waals surface area contributed by atoms with Crippen molar-refractivity contribution >= 4 is 5.91 Å². The Labute approximate surface area is 178 Å². The van der Waals surface area contributed by atoms with Crippen LogP contribution in [-0.2, 0) is 6.18 Å². The highest BCUT2D eigenvalue weighted by Gasteiger charge is 2.41. The third-order valence-corrected chi connectivity index (χ3v) is 5.09. The first-order valence-corrected chi connectivity index (χ1v) is 9.43. The van der Waals surface area contributed by atoms with Crippen LogP contribution in [-0.4, -0.2) is 17.1 Å². The van der Waals surface area contributed by atoms with Crippen molar-refractivity contribution in [1.82, 2.24) is 10.3 Å². The number of hydrogen-bond acceptors (Lipinski definition) is 2. The molecule has 0 spiro atoms. The van der Waals surface area contributed by atoms with Crippen molar-refractivity contribution < 1.29 is 35.5 Å². The molecular formula is C22H17F7N2O. The molecule has 1 aliphatic carbocycles. The maximum Gasteiger partial charge on any atom is 0.418 e. The van der Waals surface area contributed by atoms with Gasteiger partial charge in [0.15, 0.2) is 0 Å². The second-order valence-electron chi connectivity index (χ2n) is 7.31. The van der Waals surface area contributed by atoms with Crippen LogP contribution in [0.15, 0.2) is 66.4 Å². The SMILES string of the molecule is CC1C=C(C(F)(F)F)C=CC1[C@H](NC(=O)c1ccc(F)cc1)c1ncccc1C(F)(F)F. The van der Waals surface area contributed by atoms with Crippen LogP contribution in [0.2, 0.25) is 0 Å². The van der Waals surface area contributed by atoms with Gasteiger partial charge in [-0.05, 0) is 42.3 Å². The van der Waals surface area contributed by atoms with Crippen molar-refractivity contribution in [2.75, 3.05) is 0 Å². The van der Waals surface area contributed by atoms with E-state index in [2.05, 4.69) is 10.3 Å². The lowest BCUT2D eigenvalue weighted by atomic mass is 9.79. The van der Waals surface area contributed by atoms with Crippen LogP contribution in [0.4, 0.5) is 30.7 Å². The quantitative estimate of drug-likeness (QED) is 0.570. The second kappa shape index (κ2) is 8.76. The lowest BCUT2D eigenvalue weighted by Crippen LogP contribution is -2.38. The van der Waals surface area contributed by atoms with Crippen LogP contribution >= 0.6 is 0 Å². The molecule has 3 atom stereocenters. The van der Waals surface area contributed by atoms with Crippen LogP contribution < -0.4 is 5.32 Å².